The van der Waals surface area contributed by atoms with E-state index >= 15 is 0 Å². The molecule has 0 radical (unpaired) electrons. The molecule has 2 heterocycles. The van der Waals surface area contributed by atoms with E-state index in [4.69, 9.17) is 9.47 Å². The van der Waals surface area contributed by atoms with Crippen LogP contribution in [0.5, 0.6) is 11.5 Å². The van der Waals surface area contributed by atoms with E-state index in [9.17, 15) is 4.79 Å². The molecule has 0 fully saturated rings. The highest BCUT2D eigenvalue weighted by atomic mass is 32.2. The summed E-state index contributed by atoms with van der Waals surface area (Å²) in [5.41, 5.74) is 2.84. The topological polar surface area (TPSA) is 53.4 Å². The third-order valence-corrected chi connectivity index (χ3v) is 5.14. The van der Waals surface area contributed by atoms with Gasteiger partial charge in [-0.25, -0.2) is 4.98 Å². The van der Waals surface area contributed by atoms with Crippen molar-refractivity contribution >= 4 is 17.5 Å². The van der Waals surface area contributed by atoms with Crippen LogP contribution in [0.25, 0.3) is 0 Å². The highest BCUT2D eigenvalue weighted by Crippen LogP contribution is 2.31. The molecule has 1 aliphatic heterocycles. The van der Waals surface area contributed by atoms with E-state index in [2.05, 4.69) is 30.3 Å². The standard InChI is InChI=1S/C19H24N2O3S/c1-12(2)10-21-14(4)13(3)20-19(21)25-11-16(22)15-5-6-17-18(9-15)24-8-7-23-17/h5-6,9,12H,7-8,10-11H2,1-4H3. The lowest BCUT2D eigenvalue weighted by molar-refractivity contribution is 0.102. The quantitative estimate of drug-likeness (QED) is 0.578. The molecule has 0 saturated heterocycles. The fourth-order valence-electron chi connectivity index (χ4n) is 2.74. The minimum Gasteiger partial charge on any atom is -0.486 e. The summed E-state index contributed by atoms with van der Waals surface area (Å²) in [6.45, 7) is 10.4. The van der Waals surface area contributed by atoms with Crippen LogP contribution in [0.2, 0.25) is 0 Å². The van der Waals surface area contributed by atoms with Gasteiger partial charge in [0.15, 0.2) is 22.4 Å². The van der Waals surface area contributed by atoms with Crippen molar-refractivity contribution in [2.75, 3.05) is 19.0 Å². The number of carbonyl (C=O) groups is 1. The van der Waals surface area contributed by atoms with E-state index in [1.807, 2.05) is 6.92 Å². The number of rotatable bonds is 6. The van der Waals surface area contributed by atoms with Crippen molar-refractivity contribution in [2.45, 2.75) is 39.4 Å². The van der Waals surface area contributed by atoms with Crippen LogP contribution in [0.15, 0.2) is 23.4 Å². The average Bonchev–Trinajstić information content (AvgIpc) is 2.86. The fraction of sp³-hybridized carbons (Fsp3) is 0.474. The number of benzene rings is 1. The second-order valence-electron chi connectivity index (χ2n) is 6.64. The van der Waals surface area contributed by atoms with Crippen LogP contribution in [-0.2, 0) is 6.54 Å². The monoisotopic (exact) mass is 360 g/mol. The first kappa shape index (κ1) is 17.9. The van der Waals surface area contributed by atoms with Crippen molar-refractivity contribution < 1.29 is 14.3 Å². The number of aromatic nitrogens is 2. The molecule has 0 unspecified atom stereocenters. The lowest BCUT2D eigenvalue weighted by atomic mass is 10.1. The molecule has 1 aliphatic rings. The Kier molecular flexibility index (Phi) is 5.37. The Morgan fingerprint density at radius 3 is 2.68 bits per heavy atom. The number of aryl methyl sites for hydroxylation is 1. The molecule has 1 aromatic carbocycles. The molecule has 0 spiro atoms. The molecule has 3 rings (SSSR count). The maximum absolute atomic E-state index is 12.6. The molecule has 0 atom stereocenters. The molecule has 0 aliphatic carbocycles. The number of hydrogen-bond donors (Lipinski definition) is 0. The van der Waals surface area contributed by atoms with Gasteiger partial charge in [0.25, 0.3) is 0 Å². The van der Waals surface area contributed by atoms with Crippen molar-refractivity contribution in [3.63, 3.8) is 0 Å². The van der Waals surface area contributed by atoms with Gasteiger partial charge in [0.2, 0.25) is 0 Å². The molecule has 0 amide bonds. The van der Waals surface area contributed by atoms with Crippen LogP contribution in [0.1, 0.15) is 35.6 Å². The van der Waals surface area contributed by atoms with Gasteiger partial charge in [-0.05, 0) is 38.0 Å². The van der Waals surface area contributed by atoms with Crippen molar-refractivity contribution in [1.82, 2.24) is 9.55 Å². The third-order valence-electron chi connectivity index (χ3n) is 4.17. The highest BCUT2D eigenvalue weighted by molar-refractivity contribution is 7.99. The molecular formula is C19H24N2O3S. The van der Waals surface area contributed by atoms with Gasteiger partial charge in [-0.3, -0.25) is 4.79 Å². The van der Waals surface area contributed by atoms with E-state index in [0.29, 0.717) is 41.9 Å². The summed E-state index contributed by atoms with van der Waals surface area (Å²) in [5.74, 6) is 2.30. The van der Waals surface area contributed by atoms with Crippen LogP contribution in [0.3, 0.4) is 0 Å². The Morgan fingerprint density at radius 1 is 1.24 bits per heavy atom. The van der Waals surface area contributed by atoms with Gasteiger partial charge in [0, 0.05) is 17.8 Å². The van der Waals surface area contributed by atoms with Gasteiger partial charge in [-0.2, -0.15) is 0 Å². The summed E-state index contributed by atoms with van der Waals surface area (Å²) in [6, 6.07) is 5.38. The van der Waals surface area contributed by atoms with Crippen LogP contribution in [0, 0.1) is 19.8 Å². The van der Waals surface area contributed by atoms with Gasteiger partial charge in [0.1, 0.15) is 13.2 Å². The van der Waals surface area contributed by atoms with E-state index in [-0.39, 0.29) is 5.78 Å². The maximum atomic E-state index is 12.6. The van der Waals surface area contributed by atoms with Gasteiger partial charge < -0.3 is 14.0 Å². The zero-order chi connectivity index (χ0) is 18.0. The predicted molar refractivity (Wildman–Crippen MR) is 99.0 cm³/mol. The summed E-state index contributed by atoms with van der Waals surface area (Å²) in [6.07, 6.45) is 0. The molecule has 134 valence electrons. The summed E-state index contributed by atoms with van der Waals surface area (Å²) in [7, 11) is 0. The first-order valence-electron chi connectivity index (χ1n) is 8.55. The van der Waals surface area contributed by atoms with Crippen LogP contribution in [0.4, 0.5) is 0 Å². The Morgan fingerprint density at radius 2 is 1.96 bits per heavy atom. The van der Waals surface area contributed by atoms with Crippen molar-refractivity contribution in [3.8, 4) is 11.5 Å². The van der Waals surface area contributed by atoms with Gasteiger partial charge in [-0.15, -0.1) is 0 Å². The smallest absolute Gasteiger partial charge is 0.173 e. The first-order chi connectivity index (χ1) is 12.0. The molecule has 2 aromatic rings. The zero-order valence-corrected chi connectivity index (χ0v) is 16.0. The number of fused-ring (bicyclic) bond motifs is 1. The lowest BCUT2D eigenvalue weighted by Gasteiger charge is -2.18. The molecule has 6 heteroatoms. The molecule has 5 nitrogen and oxygen atoms in total. The van der Waals surface area contributed by atoms with Crippen LogP contribution in [-0.4, -0.2) is 34.3 Å². The Hall–Kier alpha value is -1.95. The fourth-order valence-corrected chi connectivity index (χ4v) is 3.74. The van der Waals surface area contributed by atoms with Crippen molar-refractivity contribution in [1.29, 1.82) is 0 Å². The number of nitrogens with zero attached hydrogens (tertiary/aromatic N) is 2. The summed E-state index contributed by atoms with van der Waals surface area (Å²) in [4.78, 5) is 17.2. The number of imidazole rings is 1. The Bertz CT molecular complexity index is 783. The lowest BCUT2D eigenvalue weighted by Crippen LogP contribution is -2.16. The van der Waals surface area contributed by atoms with E-state index in [1.165, 1.54) is 17.5 Å². The number of thioether (sulfide) groups is 1. The SMILES string of the molecule is Cc1nc(SCC(=O)c2ccc3c(c2)OCCO3)n(CC(C)C)c1C. The van der Waals surface area contributed by atoms with Gasteiger partial charge >= 0.3 is 0 Å². The van der Waals surface area contributed by atoms with Gasteiger partial charge in [0.05, 0.1) is 11.4 Å². The second-order valence-corrected chi connectivity index (χ2v) is 7.58. The van der Waals surface area contributed by atoms with Crippen molar-refractivity contribution in [2.24, 2.45) is 5.92 Å². The third kappa shape index (κ3) is 4.00. The first-order valence-corrected chi connectivity index (χ1v) is 9.53. The van der Waals surface area contributed by atoms with E-state index in [1.54, 1.807) is 18.2 Å². The Balaban J connectivity index is 1.71. The average molecular weight is 360 g/mol. The molecular weight excluding hydrogens is 336 g/mol. The normalized spacial score (nSPS) is 13.3. The second kappa shape index (κ2) is 7.52. The largest absolute Gasteiger partial charge is 0.486 e. The molecule has 0 saturated carbocycles. The number of Topliss-reactive ketones (excluding diaryl/α,β-unsaturated/α-hetero) is 1. The minimum absolute atomic E-state index is 0.0661. The highest BCUT2D eigenvalue weighted by Gasteiger charge is 2.17. The van der Waals surface area contributed by atoms with Crippen LogP contribution >= 0.6 is 11.8 Å². The summed E-state index contributed by atoms with van der Waals surface area (Å²) < 4.78 is 13.3. The number of hydrogen-bond acceptors (Lipinski definition) is 5. The zero-order valence-electron chi connectivity index (χ0n) is 15.2. The maximum Gasteiger partial charge on any atom is 0.173 e. The Labute approximate surface area is 152 Å². The van der Waals surface area contributed by atoms with E-state index < -0.39 is 0 Å². The predicted octanol–water partition coefficient (Wildman–Crippen LogP) is 3.90. The number of ketones is 1. The molecule has 0 bridgehead atoms. The summed E-state index contributed by atoms with van der Waals surface area (Å²) >= 11 is 1.49. The minimum atomic E-state index is 0.0661. The summed E-state index contributed by atoms with van der Waals surface area (Å²) in [5, 5.41) is 0.912. The number of carbonyl (C=O) groups excluding carboxylic acids is 1. The van der Waals surface area contributed by atoms with Crippen molar-refractivity contribution in [3.05, 3.63) is 35.2 Å². The number of ether oxygens (including phenoxy) is 2. The molecule has 0 N–H and O–H groups in total. The van der Waals surface area contributed by atoms with E-state index in [0.717, 1.165) is 17.4 Å². The molecule has 25 heavy (non-hydrogen) atoms. The van der Waals surface area contributed by atoms with Crippen LogP contribution < -0.4 is 9.47 Å². The molecule has 1 aromatic heterocycles. The van der Waals surface area contributed by atoms with Gasteiger partial charge in [-0.1, -0.05) is 25.6 Å².